The Balaban J connectivity index is 2.41. The van der Waals surface area contributed by atoms with Gasteiger partial charge in [0.1, 0.15) is 0 Å². The van der Waals surface area contributed by atoms with Crippen molar-refractivity contribution < 1.29 is 0 Å². The summed E-state index contributed by atoms with van der Waals surface area (Å²) in [4.78, 5) is 0. The van der Waals surface area contributed by atoms with Crippen LogP contribution >= 0.6 is 0 Å². The molecule has 1 aromatic rings. The predicted octanol–water partition coefficient (Wildman–Crippen LogP) is 3.72. The SMILES string of the molecule is CCc1ccc(C)c(C2(CN)CCCCC2)c1. The molecule has 0 aromatic heterocycles. The fourth-order valence-electron chi connectivity index (χ4n) is 3.27. The molecule has 0 heterocycles. The van der Waals surface area contributed by atoms with Gasteiger partial charge in [-0.3, -0.25) is 0 Å². The maximum atomic E-state index is 6.13. The van der Waals surface area contributed by atoms with E-state index in [1.807, 2.05) is 0 Å². The molecule has 1 aliphatic carbocycles. The molecule has 2 N–H and O–H groups in total. The molecule has 0 unspecified atom stereocenters. The zero-order valence-electron chi connectivity index (χ0n) is 11.3. The van der Waals surface area contributed by atoms with E-state index < -0.39 is 0 Å². The zero-order valence-corrected chi connectivity index (χ0v) is 11.3. The molecule has 1 aromatic carbocycles. The summed E-state index contributed by atoms with van der Waals surface area (Å²) in [5, 5.41) is 0. The van der Waals surface area contributed by atoms with Gasteiger partial charge in [-0.15, -0.1) is 0 Å². The van der Waals surface area contributed by atoms with Crippen molar-refractivity contribution in [3.63, 3.8) is 0 Å². The van der Waals surface area contributed by atoms with Crippen LogP contribution in [0.3, 0.4) is 0 Å². The average Bonchev–Trinajstić information content (AvgIpc) is 2.40. The Morgan fingerprint density at radius 3 is 2.47 bits per heavy atom. The molecular weight excluding hydrogens is 206 g/mol. The summed E-state index contributed by atoms with van der Waals surface area (Å²) in [7, 11) is 0. The molecule has 1 fully saturated rings. The third-order valence-electron chi connectivity index (χ3n) is 4.48. The van der Waals surface area contributed by atoms with Crippen LogP contribution in [0.4, 0.5) is 0 Å². The van der Waals surface area contributed by atoms with Gasteiger partial charge in [-0.25, -0.2) is 0 Å². The van der Waals surface area contributed by atoms with Gasteiger partial charge in [0.15, 0.2) is 0 Å². The maximum Gasteiger partial charge on any atom is 0.00782 e. The van der Waals surface area contributed by atoms with Crippen molar-refractivity contribution in [1.82, 2.24) is 0 Å². The molecule has 0 saturated heterocycles. The van der Waals surface area contributed by atoms with E-state index >= 15 is 0 Å². The summed E-state index contributed by atoms with van der Waals surface area (Å²) in [5.41, 5.74) is 10.8. The van der Waals surface area contributed by atoms with Crippen molar-refractivity contribution in [2.45, 2.75) is 57.8 Å². The van der Waals surface area contributed by atoms with Crippen molar-refractivity contribution in [3.8, 4) is 0 Å². The Labute approximate surface area is 105 Å². The first-order chi connectivity index (χ1) is 8.22. The lowest BCUT2D eigenvalue weighted by Crippen LogP contribution is -2.37. The van der Waals surface area contributed by atoms with Crippen molar-refractivity contribution in [1.29, 1.82) is 0 Å². The normalized spacial score (nSPS) is 19.2. The second-order valence-electron chi connectivity index (χ2n) is 5.55. The molecule has 2 rings (SSSR count). The number of rotatable bonds is 3. The highest BCUT2D eigenvalue weighted by Crippen LogP contribution is 2.40. The van der Waals surface area contributed by atoms with Gasteiger partial charge < -0.3 is 5.73 Å². The van der Waals surface area contributed by atoms with E-state index in [4.69, 9.17) is 5.73 Å². The number of hydrogen-bond donors (Lipinski definition) is 1. The van der Waals surface area contributed by atoms with Gasteiger partial charge in [0, 0.05) is 12.0 Å². The van der Waals surface area contributed by atoms with Crippen LogP contribution < -0.4 is 5.73 Å². The van der Waals surface area contributed by atoms with E-state index in [1.54, 1.807) is 0 Å². The first-order valence-electron chi connectivity index (χ1n) is 7.02. The van der Waals surface area contributed by atoms with Gasteiger partial charge in [-0.1, -0.05) is 44.4 Å². The molecule has 0 spiro atoms. The molecule has 17 heavy (non-hydrogen) atoms. The smallest absolute Gasteiger partial charge is 0.00782 e. The van der Waals surface area contributed by atoms with Crippen molar-refractivity contribution >= 4 is 0 Å². The maximum absolute atomic E-state index is 6.13. The Morgan fingerprint density at radius 1 is 1.18 bits per heavy atom. The number of nitrogens with two attached hydrogens (primary N) is 1. The molecule has 0 amide bonds. The Morgan fingerprint density at radius 2 is 1.88 bits per heavy atom. The van der Waals surface area contributed by atoms with Crippen molar-refractivity contribution in [3.05, 3.63) is 34.9 Å². The van der Waals surface area contributed by atoms with E-state index in [0.29, 0.717) is 0 Å². The minimum Gasteiger partial charge on any atom is -0.330 e. The van der Waals surface area contributed by atoms with Crippen molar-refractivity contribution in [2.75, 3.05) is 6.54 Å². The van der Waals surface area contributed by atoms with E-state index in [1.165, 1.54) is 48.8 Å². The van der Waals surface area contributed by atoms with Crippen LogP contribution in [-0.4, -0.2) is 6.54 Å². The molecule has 0 atom stereocenters. The minimum absolute atomic E-state index is 0.271. The number of hydrogen-bond acceptors (Lipinski definition) is 1. The zero-order chi connectivity index (χ0) is 12.3. The second-order valence-corrected chi connectivity index (χ2v) is 5.55. The molecule has 0 bridgehead atoms. The Bertz CT molecular complexity index is 375. The highest BCUT2D eigenvalue weighted by atomic mass is 14.6. The van der Waals surface area contributed by atoms with E-state index in [2.05, 4.69) is 32.0 Å². The van der Waals surface area contributed by atoms with Gasteiger partial charge in [0.2, 0.25) is 0 Å². The molecule has 94 valence electrons. The minimum atomic E-state index is 0.271. The predicted molar refractivity (Wildman–Crippen MR) is 74.4 cm³/mol. The van der Waals surface area contributed by atoms with Gasteiger partial charge >= 0.3 is 0 Å². The van der Waals surface area contributed by atoms with Crippen LogP contribution in [0.1, 0.15) is 55.7 Å². The van der Waals surface area contributed by atoms with Crippen molar-refractivity contribution in [2.24, 2.45) is 5.73 Å². The lowest BCUT2D eigenvalue weighted by atomic mass is 9.68. The van der Waals surface area contributed by atoms with E-state index in [0.717, 1.165) is 13.0 Å². The number of aryl methyl sites for hydroxylation is 2. The highest BCUT2D eigenvalue weighted by molar-refractivity contribution is 5.38. The molecule has 0 aliphatic heterocycles. The quantitative estimate of drug-likeness (QED) is 0.843. The Kier molecular flexibility index (Phi) is 3.88. The third-order valence-corrected chi connectivity index (χ3v) is 4.48. The molecular formula is C16H25N. The second kappa shape index (κ2) is 5.22. The van der Waals surface area contributed by atoms with E-state index in [9.17, 15) is 0 Å². The topological polar surface area (TPSA) is 26.0 Å². The molecule has 1 nitrogen and oxygen atoms in total. The largest absolute Gasteiger partial charge is 0.330 e. The summed E-state index contributed by atoms with van der Waals surface area (Å²) < 4.78 is 0. The monoisotopic (exact) mass is 231 g/mol. The fraction of sp³-hybridized carbons (Fsp3) is 0.625. The molecule has 1 aliphatic rings. The standard InChI is InChI=1S/C16H25N/c1-3-14-8-7-13(2)15(11-14)16(12-17)9-5-4-6-10-16/h7-8,11H,3-6,9-10,12,17H2,1-2H3. The van der Waals surface area contributed by atoms with Crippen LogP contribution in [0.5, 0.6) is 0 Å². The fourth-order valence-corrected chi connectivity index (χ4v) is 3.27. The summed E-state index contributed by atoms with van der Waals surface area (Å²) in [6, 6.07) is 6.94. The Hall–Kier alpha value is -0.820. The van der Waals surface area contributed by atoms with Crippen LogP contribution in [0.15, 0.2) is 18.2 Å². The van der Waals surface area contributed by atoms with Gasteiger partial charge in [-0.2, -0.15) is 0 Å². The first kappa shape index (κ1) is 12.6. The van der Waals surface area contributed by atoms with Crippen LogP contribution in [0.2, 0.25) is 0 Å². The van der Waals surface area contributed by atoms with E-state index in [-0.39, 0.29) is 5.41 Å². The lowest BCUT2D eigenvalue weighted by Gasteiger charge is -2.38. The highest BCUT2D eigenvalue weighted by Gasteiger charge is 2.33. The third kappa shape index (κ3) is 2.40. The van der Waals surface area contributed by atoms with Crippen LogP contribution in [-0.2, 0) is 11.8 Å². The number of benzene rings is 1. The summed E-state index contributed by atoms with van der Waals surface area (Å²) in [6.07, 6.45) is 7.73. The van der Waals surface area contributed by atoms with Gasteiger partial charge in [0.25, 0.3) is 0 Å². The van der Waals surface area contributed by atoms with Crippen LogP contribution in [0, 0.1) is 6.92 Å². The van der Waals surface area contributed by atoms with Crippen LogP contribution in [0.25, 0.3) is 0 Å². The molecule has 1 saturated carbocycles. The van der Waals surface area contributed by atoms with Gasteiger partial charge in [0.05, 0.1) is 0 Å². The molecule has 1 heteroatoms. The van der Waals surface area contributed by atoms with Gasteiger partial charge in [-0.05, 0) is 42.9 Å². The molecule has 0 radical (unpaired) electrons. The summed E-state index contributed by atoms with van der Waals surface area (Å²) >= 11 is 0. The lowest BCUT2D eigenvalue weighted by molar-refractivity contribution is 0.299. The average molecular weight is 231 g/mol. The summed E-state index contributed by atoms with van der Waals surface area (Å²) in [5.74, 6) is 0. The summed E-state index contributed by atoms with van der Waals surface area (Å²) in [6.45, 7) is 5.27. The first-order valence-corrected chi connectivity index (χ1v) is 7.02.